The van der Waals surface area contributed by atoms with Crippen molar-refractivity contribution in [1.29, 1.82) is 0 Å². The van der Waals surface area contributed by atoms with Crippen LogP contribution in [0.4, 0.5) is 5.82 Å². The number of aryl methyl sites for hydroxylation is 2. The Labute approximate surface area is 162 Å². The number of nitrogens with two attached hydrogens (primary N) is 1. The van der Waals surface area contributed by atoms with Crippen LogP contribution in [0.2, 0.25) is 0 Å². The molecule has 0 unspecified atom stereocenters. The predicted molar refractivity (Wildman–Crippen MR) is 106 cm³/mol. The van der Waals surface area contributed by atoms with Crippen molar-refractivity contribution in [3.63, 3.8) is 0 Å². The molecule has 1 heterocycles. The Morgan fingerprint density at radius 3 is 2.36 bits per heavy atom. The van der Waals surface area contributed by atoms with Gasteiger partial charge in [0.25, 0.3) is 5.56 Å². The van der Waals surface area contributed by atoms with Crippen LogP contribution >= 0.6 is 0 Å². The summed E-state index contributed by atoms with van der Waals surface area (Å²) < 4.78 is 7.08. The molecule has 0 aliphatic rings. The molecule has 8 heteroatoms. The Balaban J connectivity index is 2.30. The molecule has 0 fully saturated rings. The molecule has 0 radical (unpaired) electrons. The Morgan fingerprint density at radius 1 is 1.14 bits per heavy atom. The van der Waals surface area contributed by atoms with Crippen LogP contribution in [0.5, 0.6) is 0 Å². The molecule has 0 spiro atoms. The first-order valence-electron chi connectivity index (χ1n) is 8.91. The first-order valence-corrected chi connectivity index (χ1v) is 8.91. The lowest BCUT2D eigenvalue weighted by molar-refractivity contribution is 0.0474. The smallest absolute Gasteiger partial charge is 0.338 e. The summed E-state index contributed by atoms with van der Waals surface area (Å²) in [7, 11) is 1.28. The van der Waals surface area contributed by atoms with E-state index in [4.69, 9.17) is 10.5 Å². The van der Waals surface area contributed by atoms with E-state index >= 15 is 0 Å². The van der Waals surface area contributed by atoms with Gasteiger partial charge in [-0.2, -0.15) is 0 Å². The third-order valence-corrected chi connectivity index (χ3v) is 4.49. The second-order valence-electron chi connectivity index (χ2n) is 7.21. The maximum absolute atomic E-state index is 12.6. The van der Waals surface area contributed by atoms with Gasteiger partial charge in [0.1, 0.15) is 11.4 Å². The van der Waals surface area contributed by atoms with Crippen LogP contribution in [0.25, 0.3) is 0 Å². The number of nitrogen functional groups attached to an aromatic ring is 1. The minimum Gasteiger partial charge on any atom is -0.454 e. The fourth-order valence-corrected chi connectivity index (χ4v) is 2.74. The van der Waals surface area contributed by atoms with Crippen molar-refractivity contribution in [2.45, 2.75) is 34.2 Å². The fraction of sp³-hybridized carbons (Fsp3) is 0.400. The molecule has 0 aliphatic carbocycles. The quantitative estimate of drug-likeness (QED) is 0.593. The molecule has 28 heavy (non-hydrogen) atoms. The zero-order valence-electron chi connectivity index (χ0n) is 16.7. The van der Waals surface area contributed by atoms with Gasteiger partial charge in [0.2, 0.25) is 5.78 Å². The van der Waals surface area contributed by atoms with Gasteiger partial charge in [-0.05, 0) is 43.0 Å². The number of ether oxygens (including phenoxy) is 1. The Hall–Kier alpha value is -3.16. The van der Waals surface area contributed by atoms with Crippen molar-refractivity contribution in [3.05, 3.63) is 61.3 Å². The molecule has 150 valence electrons. The molecule has 0 saturated heterocycles. The number of ketones is 1. The van der Waals surface area contributed by atoms with Gasteiger partial charge in [-0.25, -0.2) is 9.59 Å². The number of carbonyl (C=O) groups is 2. The number of anilines is 1. The standard InChI is InChI=1S/C20H25N3O5/c1-11(2)9-23-17(21)16(18(25)22(5)20(23)27)15(24)10-28-19(26)14-7-6-12(3)13(4)8-14/h6-8,11H,9-10,21H2,1-5H3. The van der Waals surface area contributed by atoms with Crippen LogP contribution < -0.4 is 17.0 Å². The van der Waals surface area contributed by atoms with E-state index in [0.717, 1.165) is 15.7 Å². The summed E-state index contributed by atoms with van der Waals surface area (Å²) >= 11 is 0. The van der Waals surface area contributed by atoms with Gasteiger partial charge in [-0.1, -0.05) is 19.9 Å². The number of hydrogen-bond acceptors (Lipinski definition) is 6. The Morgan fingerprint density at radius 2 is 1.79 bits per heavy atom. The topological polar surface area (TPSA) is 113 Å². The van der Waals surface area contributed by atoms with Gasteiger partial charge in [0.15, 0.2) is 6.61 Å². The van der Waals surface area contributed by atoms with E-state index in [2.05, 4.69) is 0 Å². The maximum Gasteiger partial charge on any atom is 0.338 e. The molecule has 0 bridgehead atoms. The molecular weight excluding hydrogens is 362 g/mol. The number of esters is 1. The largest absolute Gasteiger partial charge is 0.454 e. The number of nitrogens with zero attached hydrogens (tertiary/aromatic N) is 2. The van der Waals surface area contributed by atoms with E-state index in [0.29, 0.717) is 5.56 Å². The van der Waals surface area contributed by atoms with Gasteiger partial charge >= 0.3 is 11.7 Å². The van der Waals surface area contributed by atoms with Gasteiger partial charge in [-0.15, -0.1) is 0 Å². The van der Waals surface area contributed by atoms with Crippen molar-refractivity contribution < 1.29 is 14.3 Å². The van der Waals surface area contributed by atoms with Crippen LogP contribution in [-0.4, -0.2) is 27.5 Å². The Bertz CT molecular complexity index is 1050. The molecule has 0 aliphatic heterocycles. The summed E-state index contributed by atoms with van der Waals surface area (Å²) in [5, 5.41) is 0. The molecule has 2 rings (SSSR count). The second kappa shape index (κ2) is 8.24. The predicted octanol–water partition coefficient (Wildman–Crippen LogP) is 1.44. The normalized spacial score (nSPS) is 10.9. The molecule has 0 amide bonds. The zero-order chi connectivity index (χ0) is 21.2. The van der Waals surface area contributed by atoms with Crippen LogP contribution in [0.3, 0.4) is 0 Å². The van der Waals surface area contributed by atoms with Gasteiger partial charge in [-0.3, -0.25) is 18.7 Å². The van der Waals surface area contributed by atoms with Crippen molar-refractivity contribution in [3.8, 4) is 0 Å². The molecule has 8 nitrogen and oxygen atoms in total. The molecule has 2 aromatic rings. The molecule has 0 atom stereocenters. The Kier molecular flexibility index (Phi) is 6.23. The summed E-state index contributed by atoms with van der Waals surface area (Å²) in [6.45, 7) is 7.14. The minimum atomic E-state index is -0.810. The molecule has 1 aromatic heterocycles. The first kappa shape index (κ1) is 21.1. The van der Waals surface area contributed by atoms with E-state index in [1.807, 2.05) is 27.7 Å². The fourth-order valence-electron chi connectivity index (χ4n) is 2.74. The van der Waals surface area contributed by atoms with E-state index < -0.39 is 29.6 Å². The number of hydrogen-bond donors (Lipinski definition) is 1. The van der Waals surface area contributed by atoms with Crippen LogP contribution in [0, 0.1) is 19.8 Å². The first-order chi connectivity index (χ1) is 13.0. The number of rotatable bonds is 6. The monoisotopic (exact) mass is 387 g/mol. The van der Waals surface area contributed by atoms with E-state index in [-0.39, 0.29) is 23.8 Å². The number of carbonyl (C=O) groups excluding carboxylic acids is 2. The van der Waals surface area contributed by atoms with Crippen LogP contribution in [-0.2, 0) is 18.3 Å². The average Bonchev–Trinajstić information content (AvgIpc) is 2.63. The number of benzene rings is 1. The highest BCUT2D eigenvalue weighted by molar-refractivity contribution is 6.02. The number of Topliss-reactive ketones (excluding diaryl/α,β-unsaturated/α-hetero) is 1. The summed E-state index contributed by atoms with van der Waals surface area (Å²) in [5.74, 6) is -1.58. The van der Waals surface area contributed by atoms with Crippen LogP contribution in [0.15, 0.2) is 27.8 Å². The maximum atomic E-state index is 12.6. The van der Waals surface area contributed by atoms with Gasteiger partial charge in [0, 0.05) is 13.6 Å². The third-order valence-electron chi connectivity index (χ3n) is 4.49. The van der Waals surface area contributed by atoms with Crippen molar-refractivity contribution in [2.24, 2.45) is 13.0 Å². The number of aromatic nitrogens is 2. The molecule has 2 N–H and O–H groups in total. The van der Waals surface area contributed by atoms with Crippen molar-refractivity contribution >= 4 is 17.6 Å². The highest BCUT2D eigenvalue weighted by atomic mass is 16.5. The average molecular weight is 387 g/mol. The summed E-state index contributed by atoms with van der Waals surface area (Å²) in [6.07, 6.45) is 0. The third kappa shape index (κ3) is 4.21. The molecular formula is C20H25N3O5. The highest BCUT2D eigenvalue weighted by Gasteiger charge is 2.23. The lowest BCUT2D eigenvalue weighted by Gasteiger charge is -2.16. The molecule has 1 aromatic carbocycles. The van der Waals surface area contributed by atoms with Crippen molar-refractivity contribution in [2.75, 3.05) is 12.3 Å². The van der Waals surface area contributed by atoms with E-state index in [1.54, 1.807) is 18.2 Å². The van der Waals surface area contributed by atoms with Gasteiger partial charge in [0.05, 0.1) is 5.56 Å². The van der Waals surface area contributed by atoms with E-state index in [1.165, 1.54) is 11.6 Å². The zero-order valence-corrected chi connectivity index (χ0v) is 16.7. The lowest BCUT2D eigenvalue weighted by Crippen LogP contribution is -2.43. The summed E-state index contributed by atoms with van der Waals surface area (Å²) in [4.78, 5) is 49.4. The van der Waals surface area contributed by atoms with Crippen LogP contribution in [0.1, 0.15) is 45.7 Å². The summed E-state index contributed by atoms with van der Waals surface area (Å²) in [5.41, 5.74) is 6.43. The molecule has 0 saturated carbocycles. The highest BCUT2D eigenvalue weighted by Crippen LogP contribution is 2.12. The second-order valence-corrected chi connectivity index (χ2v) is 7.21. The van der Waals surface area contributed by atoms with E-state index in [9.17, 15) is 19.2 Å². The van der Waals surface area contributed by atoms with Gasteiger partial charge < -0.3 is 10.5 Å². The SMILES string of the molecule is Cc1ccc(C(=O)OCC(=O)c2c(N)n(CC(C)C)c(=O)n(C)c2=O)cc1C. The van der Waals surface area contributed by atoms with Crippen molar-refractivity contribution in [1.82, 2.24) is 9.13 Å². The lowest BCUT2D eigenvalue weighted by atomic mass is 10.1. The minimum absolute atomic E-state index is 0.0723. The summed E-state index contributed by atoms with van der Waals surface area (Å²) in [6, 6.07) is 5.05.